The highest BCUT2D eigenvalue weighted by Gasteiger charge is 2.46. The van der Waals surface area contributed by atoms with Gasteiger partial charge in [0, 0.05) is 170 Å². The van der Waals surface area contributed by atoms with Crippen molar-refractivity contribution in [3.63, 3.8) is 0 Å². The Kier molecular flexibility index (Phi) is 21.8. The monoisotopic (exact) mass is 1560 g/mol. The number of rotatable bonds is 1. The molecular formula is C90H112N22O4. The summed E-state index contributed by atoms with van der Waals surface area (Å²) in [4.78, 5) is 37.1. The first kappa shape index (κ1) is 76.8. The van der Waals surface area contributed by atoms with E-state index in [-0.39, 0.29) is 25.2 Å². The maximum Gasteiger partial charge on any atom is 0.165 e. The largest absolute Gasteiger partial charge is 0.492 e. The molecule has 0 spiro atoms. The second-order valence-electron chi connectivity index (χ2n) is 33.9. The van der Waals surface area contributed by atoms with E-state index in [1.54, 1.807) is 0 Å². The predicted molar refractivity (Wildman–Crippen MR) is 458 cm³/mol. The molecule has 26 nitrogen and oxygen atoms in total. The van der Waals surface area contributed by atoms with Crippen molar-refractivity contribution in [1.29, 1.82) is 0 Å². The summed E-state index contributed by atoms with van der Waals surface area (Å²) < 4.78 is 32.9. The van der Waals surface area contributed by atoms with Crippen molar-refractivity contribution in [1.82, 2.24) is 87.8 Å². The van der Waals surface area contributed by atoms with Gasteiger partial charge in [-0.2, -0.15) is 15.3 Å². The van der Waals surface area contributed by atoms with Crippen LogP contribution in [0.5, 0.6) is 23.0 Å². The third-order valence-corrected chi connectivity index (χ3v) is 25.2. The molecule has 4 aromatic carbocycles. The quantitative estimate of drug-likeness (QED) is 0.139. The number of nitrogens with one attached hydrogen (secondary N) is 3. The van der Waals surface area contributed by atoms with Gasteiger partial charge in [-0.05, 0) is 224 Å². The first-order valence-corrected chi connectivity index (χ1v) is 41.9. The van der Waals surface area contributed by atoms with Gasteiger partial charge in [0.15, 0.2) is 22.6 Å². The minimum atomic E-state index is 0. The molecule has 10 aliphatic rings. The second kappa shape index (κ2) is 32.9. The average Bonchev–Trinajstić information content (AvgIpc) is 1.58. The van der Waals surface area contributed by atoms with Gasteiger partial charge in [-0.3, -0.25) is 29.4 Å². The Hall–Kier alpha value is -10.5. The Labute approximate surface area is 680 Å². The molecule has 116 heavy (non-hydrogen) atoms. The Morgan fingerprint density at radius 2 is 1.07 bits per heavy atom. The van der Waals surface area contributed by atoms with Crippen LogP contribution in [0.15, 0.2) is 147 Å². The molecule has 22 bridgehead atoms. The summed E-state index contributed by atoms with van der Waals surface area (Å²) in [7, 11) is 2.14. The van der Waals surface area contributed by atoms with E-state index in [1.165, 1.54) is 67.3 Å². The number of hydrogen-bond acceptors (Lipinski definition) is 22. The summed E-state index contributed by atoms with van der Waals surface area (Å²) in [5.41, 5.74) is 17.1. The van der Waals surface area contributed by atoms with Gasteiger partial charge < -0.3 is 39.8 Å². The zero-order valence-electron chi connectivity index (χ0n) is 67.5. The number of aromatic nitrogens is 12. The summed E-state index contributed by atoms with van der Waals surface area (Å²) in [5, 5.41) is 28.9. The van der Waals surface area contributed by atoms with E-state index in [9.17, 15) is 0 Å². The molecule has 606 valence electrons. The lowest BCUT2D eigenvalue weighted by Crippen LogP contribution is -2.65. The molecule has 22 rings (SSSR count). The van der Waals surface area contributed by atoms with Crippen molar-refractivity contribution < 1.29 is 18.9 Å². The number of nitrogens with zero attached hydrogens (tertiary/aromatic N) is 19. The molecule has 9 aliphatic heterocycles. The summed E-state index contributed by atoms with van der Waals surface area (Å²) in [6.45, 7) is 32.0. The van der Waals surface area contributed by atoms with Gasteiger partial charge in [-0.15, -0.1) is 5.10 Å². The van der Waals surface area contributed by atoms with Gasteiger partial charge in [0.2, 0.25) is 0 Å². The standard InChI is InChI=1S/C25H32N6O.C24H30N6O.C21H25N5O.C19H21N5O.CH4/c1-17-4-7-20-12-21(17)22-13-27-31-10-8-23(28-24(22)31)26-9-11-29-16-25(2,3)30(18-5-6-18)14-19(29)15-32-20;1-17-5-6-19-12-21(17)22-13-25-30-9-7-23(26-24(22)30)27(2)10-11-28-14-18-4-3-8-29(18)16-20(15-28)31-19;1-15-5-6-16-12-18(15)19-13-23-21-8-7-20(24-26(19)21)22-9-11-25-10-3-2-4-17(14-25)27-16;1-13-2-3-15-10-16(13)17-11-20-24-7-5-18(22-19(17)24)21-14-4-6-23(12-14)8-9-25-15;/h4,7-8,10,12-13,18-19H,5-6,9,11,14-16H2,1-3H3,(H,26,28);5-7,9,12-13,18,20H,3-4,8,10-11,14-16H2,1-2H3;5-8,12-13,17H,2-4,9-11,14H2,1H3,(H,22,24);2-3,5,7,10-11,14H,4,6,8-9,12H2,1H3,(H,21,22);1H4/t19-;18-,20-;17-;14-;/m0011./s1. The van der Waals surface area contributed by atoms with Crippen molar-refractivity contribution >= 4 is 45.9 Å². The molecule has 5 saturated heterocycles. The van der Waals surface area contributed by atoms with Crippen molar-refractivity contribution in [2.24, 2.45) is 0 Å². The smallest absolute Gasteiger partial charge is 0.165 e. The number of piperazine rings is 1. The molecular weight excluding hydrogens is 1450 g/mol. The molecule has 3 N–H and O–H groups in total. The number of imidazole rings is 1. The van der Waals surface area contributed by atoms with Crippen molar-refractivity contribution in [3.8, 4) is 67.6 Å². The van der Waals surface area contributed by atoms with Crippen LogP contribution in [-0.4, -0.2) is 261 Å². The maximum atomic E-state index is 6.62. The van der Waals surface area contributed by atoms with Gasteiger partial charge in [0.1, 0.15) is 71.7 Å². The van der Waals surface area contributed by atoms with Crippen LogP contribution in [0.1, 0.15) is 94.9 Å². The molecule has 6 fully saturated rings. The van der Waals surface area contributed by atoms with Gasteiger partial charge in [0.05, 0.1) is 36.5 Å². The lowest BCUT2D eigenvalue weighted by atomic mass is 9.95. The fourth-order valence-electron chi connectivity index (χ4n) is 18.7. The van der Waals surface area contributed by atoms with Gasteiger partial charge in [0.25, 0.3) is 0 Å². The summed E-state index contributed by atoms with van der Waals surface area (Å²) in [5.74, 6) is 7.38. The number of ether oxygens (including phenoxy) is 4. The van der Waals surface area contributed by atoms with E-state index >= 15 is 0 Å². The topological polar surface area (TPSA) is 216 Å². The number of hydrogen-bond donors (Lipinski definition) is 3. The minimum absolute atomic E-state index is 0. The lowest BCUT2D eigenvalue weighted by Gasteiger charge is -2.51. The first-order chi connectivity index (χ1) is 56.1. The van der Waals surface area contributed by atoms with Crippen LogP contribution < -0.4 is 39.8 Å². The normalized spacial score (nSPS) is 23.7. The Morgan fingerprint density at radius 3 is 1.80 bits per heavy atom. The molecule has 1 saturated carbocycles. The van der Waals surface area contributed by atoms with Crippen LogP contribution in [0.4, 0.5) is 23.3 Å². The fourth-order valence-corrected chi connectivity index (χ4v) is 18.7. The third kappa shape index (κ3) is 16.4. The van der Waals surface area contributed by atoms with Crippen LogP contribution in [0.2, 0.25) is 0 Å². The first-order valence-electron chi connectivity index (χ1n) is 41.9. The fraction of sp³-hybridized carbons (Fsp3) is 0.467. The molecule has 3 unspecified atom stereocenters. The maximum absolute atomic E-state index is 6.62. The molecule has 8 atom stereocenters. The zero-order valence-corrected chi connectivity index (χ0v) is 67.5. The SMILES string of the molecule is C.Cc1ccc2cc1-c1cnc3ccc(nn13)NCCN1CCCC[C@H](C1)O2.Cc1ccc2cc1-c1cnn3ccc(nc13)N(C)CCN1C[C@@H](CN3CCC[C@H]3C1)O2.Cc1ccc2cc1-c1cnn3ccc(nc13)NCCN1CC(C)(C)N(C3CC3)C[C@H]1CO2.Cc1ccc2cc1-c1cnn3ccc(nc13)N[C@@H]1CCN(CCO2)C1. The second-order valence-corrected chi connectivity index (χ2v) is 33.9. The summed E-state index contributed by atoms with van der Waals surface area (Å²) >= 11 is 0. The molecule has 12 aromatic rings. The van der Waals surface area contributed by atoms with E-state index < -0.39 is 0 Å². The minimum Gasteiger partial charge on any atom is -0.492 e. The number of benzene rings is 4. The number of aryl methyl sites for hydroxylation is 4. The van der Waals surface area contributed by atoms with Crippen LogP contribution in [0.25, 0.3) is 67.2 Å². The van der Waals surface area contributed by atoms with E-state index in [0.29, 0.717) is 31.3 Å². The van der Waals surface area contributed by atoms with E-state index in [4.69, 9.17) is 39.0 Å². The van der Waals surface area contributed by atoms with Crippen molar-refractivity contribution in [3.05, 3.63) is 169 Å². The highest BCUT2D eigenvalue weighted by molar-refractivity contribution is 5.83. The number of anilines is 4. The van der Waals surface area contributed by atoms with E-state index in [2.05, 4.69) is 192 Å². The van der Waals surface area contributed by atoms with Gasteiger partial charge in [-0.1, -0.05) is 31.7 Å². The highest BCUT2D eigenvalue weighted by atomic mass is 16.5. The molecule has 1 aliphatic carbocycles. The van der Waals surface area contributed by atoms with E-state index in [0.717, 1.165) is 237 Å². The van der Waals surface area contributed by atoms with Crippen LogP contribution in [-0.2, 0) is 0 Å². The van der Waals surface area contributed by atoms with Gasteiger partial charge >= 0.3 is 0 Å². The van der Waals surface area contributed by atoms with Crippen molar-refractivity contribution in [2.75, 3.05) is 152 Å². The lowest BCUT2D eigenvalue weighted by molar-refractivity contribution is -0.0341. The third-order valence-electron chi connectivity index (χ3n) is 25.2. The average molecular weight is 1570 g/mol. The Bertz CT molecular complexity index is 5500. The predicted octanol–water partition coefficient (Wildman–Crippen LogP) is 12.7. The summed E-state index contributed by atoms with van der Waals surface area (Å²) in [6, 6.07) is 37.7. The molecule has 17 heterocycles. The number of likely N-dealkylation sites (N-methyl/N-ethyl adjacent to an activating group) is 1. The van der Waals surface area contributed by atoms with Crippen molar-refractivity contribution in [2.45, 2.75) is 142 Å². The van der Waals surface area contributed by atoms with Crippen LogP contribution >= 0.6 is 0 Å². The van der Waals surface area contributed by atoms with Crippen LogP contribution in [0, 0.1) is 27.7 Å². The molecule has 26 heteroatoms. The van der Waals surface area contributed by atoms with Crippen LogP contribution in [0.3, 0.4) is 0 Å². The molecule has 0 radical (unpaired) electrons. The number of fused-ring (bicyclic) bond motifs is 24. The Balaban J connectivity index is 0.000000107. The molecule has 8 aromatic heterocycles. The molecule has 0 amide bonds. The van der Waals surface area contributed by atoms with E-state index in [1.807, 2.05) is 91.8 Å². The highest BCUT2D eigenvalue weighted by Crippen LogP contribution is 2.40. The zero-order chi connectivity index (χ0) is 77.8. The van der Waals surface area contributed by atoms with Gasteiger partial charge in [-0.25, -0.2) is 38.0 Å². The Morgan fingerprint density at radius 1 is 0.448 bits per heavy atom. The summed E-state index contributed by atoms with van der Waals surface area (Å²) in [6.07, 6.45) is 24.0.